The van der Waals surface area contributed by atoms with Crippen molar-refractivity contribution < 1.29 is 4.79 Å². The molecular formula is C12H25N3O. The maximum Gasteiger partial charge on any atom is 0.239 e. The van der Waals surface area contributed by atoms with Gasteiger partial charge >= 0.3 is 0 Å². The van der Waals surface area contributed by atoms with Crippen molar-refractivity contribution in [1.82, 2.24) is 15.5 Å². The summed E-state index contributed by atoms with van der Waals surface area (Å²) in [5.74, 6) is 0.719. The highest BCUT2D eigenvalue weighted by molar-refractivity contribution is 5.82. The van der Waals surface area contributed by atoms with Crippen LogP contribution >= 0.6 is 0 Å². The topological polar surface area (TPSA) is 44.4 Å². The normalized spacial score (nSPS) is 25.4. The van der Waals surface area contributed by atoms with Gasteiger partial charge in [0.1, 0.15) is 0 Å². The predicted octanol–water partition coefficient (Wildman–Crippen LogP) is 0.442. The molecule has 0 aromatic rings. The lowest BCUT2D eigenvalue weighted by Crippen LogP contribution is -2.51. The molecule has 16 heavy (non-hydrogen) atoms. The van der Waals surface area contributed by atoms with Crippen molar-refractivity contribution in [2.75, 3.05) is 33.7 Å². The first-order valence-corrected chi connectivity index (χ1v) is 6.29. The summed E-state index contributed by atoms with van der Waals surface area (Å²) in [5.41, 5.74) is 0. The monoisotopic (exact) mass is 227 g/mol. The number of carbonyl (C=O) groups excluding carboxylic acids is 1. The summed E-state index contributed by atoms with van der Waals surface area (Å²) < 4.78 is 0. The molecule has 1 fully saturated rings. The zero-order chi connectivity index (χ0) is 12.0. The highest BCUT2D eigenvalue weighted by Crippen LogP contribution is 2.17. The Bertz CT molecular complexity index is 220. The van der Waals surface area contributed by atoms with Gasteiger partial charge in [0, 0.05) is 13.6 Å². The Hall–Kier alpha value is -0.610. The first kappa shape index (κ1) is 13.5. The van der Waals surface area contributed by atoms with Gasteiger partial charge < -0.3 is 15.5 Å². The Morgan fingerprint density at radius 1 is 1.56 bits per heavy atom. The van der Waals surface area contributed by atoms with Crippen LogP contribution in [0.15, 0.2) is 0 Å². The summed E-state index contributed by atoms with van der Waals surface area (Å²) in [5, 5.41) is 6.43. The number of hydrogen-bond acceptors (Lipinski definition) is 3. The number of rotatable bonds is 5. The molecule has 1 heterocycles. The van der Waals surface area contributed by atoms with Gasteiger partial charge in [-0.05, 0) is 45.3 Å². The summed E-state index contributed by atoms with van der Waals surface area (Å²) in [4.78, 5) is 14.0. The van der Waals surface area contributed by atoms with Crippen molar-refractivity contribution in [3.63, 3.8) is 0 Å². The van der Waals surface area contributed by atoms with E-state index < -0.39 is 0 Å². The van der Waals surface area contributed by atoms with Crippen molar-refractivity contribution in [3.8, 4) is 0 Å². The second-order valence-corrected chi connectivity index (χ2v) is 4.77. The van der Waals surface area contributed by atoms with E-state index in [1.54, 1.807) is 0 Å². The molecule has 1 aliphatic heterocycles. The van der Waals surface area contributed by atoms with Gasteiger partial charge in [0.05, 0.1) is 6.04 Å². The van der Waals surface area contributed by atoms with Crippen LogP contribution in [0, 0.1) is 5.92 Å². The number of amides is 1. The first-order valence-electron chi connectivity index (χ1n) is 6.29. The van der Waals surface area contributed by atoms with Crippen LogP contribution in [-0.2, 0) is 4.79 Å². The van der Waals surface area contributed by atoms with E-state index in [0.29, 0.717) is 5.92 Å². The Balaban J connectivity index is 2.36. The molecule has 0 radical (unpaired) electrons. The average molecular weight is 227 g/mol. The molecule has 0 saturated carbocycles. The van der Waals surface area contributed by atoms with Crippen LogP contribution < -0.4 is 10.6 Å². The van der Waals surface area contributed by atoms with Crippen LogP contribution in [0.2, 0.25) is 0 Å². The molecule has 2 atom stereocenters. The van der Waals surface area contributed by atoms with Crippen LogP contribution in [0.4, 0.5) is 0 Å². The number of piperidine rings is 1. The van der Waals surface area contributed by atoms with Gasteiger partial charge in [0.25, 0.3) is 0 Å². The second-order valence-electron chi connectivity index (χ2n) is 4.77. The molecule has 0 bridgehead atoms. The van der Waals surface area contributed by atoms with Crippen LogP contribution in [0.1, 0.15) is 26.2 Å². The molecule has 1 saturated heterocycles. The lowest BCUT2D eigenvalue weighted by molar-refractivity contribution is -0.134. The van der Waals surface area contributed by atoms with E-state index >= 15 is 0 Å². The minimum atomic E-state index is 0.0355. The van der Waals surface area contributed by atoms with Gasteiger partial charge in [-0.15, -0.1) is 0 Å². The number of hydrogen-bond donors (Lipinski definition) is 2. The third-order valence-electron chi connectivity index (χ3n) is 3.33. The van der Waals surface area contributed by atoms with E-state index in [9.17, 15) is 4.79 Å². The van der Waals surface area contributed by atoms with E-state index in [-0.39, 0.29) is 11.9 Å². The zero-order valence-corrected chi connectivity index (χ0v) is 10.8. The molecule has 4 nitrogen and oxygen atoms in total. The van der Waals surface area contributed by atoms with E-state index in [0.717, 1.165) is 32.5 Å². The van der Waals surface area contributed by atoms with Crippen LogP contribution in [-0.4, -0.2) is 50.6 Å². The molecule has 0 spiro atoms. The molecule has 2 N–H and O–H groups in total. The molecule has 0 aromatic heterocycles. The quantitative estimate of drug-likeness (QED) is 0.670. The minimum Gasteiger partial charge on any atom is -0.344 e. The molecule has 4 heteroatoms. The van der Waals surface area contributed by atoms with Crippen molar-refractivity contribution in [3.05, 3.63) is 0 Å². The SMILES string of the molecule is CNCCCN(C)C(=O)C1NCCCC1C. The van der Waals surface area contributed by atoms with Crippen LogP contribution in [0.3, 0.4) is 0 Å². The third-order valence-corrected chi connectivity index (χ3v) is 3.33. The Labute approximate surface area is 98.8 Å². The molecule has 2 unspecified atom stereocenters. The molecule has 1 aliphatic rings. The average Bonchev–Trinajstić information content (AvgIpc) is 2.29. The van der Waals surface area contributed by atoms with Crippen molar-refractivity contribution >= 4 is 5.91 Å². The lowest BCUT2D eigenvalue weighted by atomic mass is 9.92. The Kier molecular flexibility index (Phi) is 5.77. The van der Waals surface area contributed by atoms with Crippen molar-refractivity contribution in [2.45, 2.75) is 32.2 Å². The highest BCUT2D eigenvalue weighted by atomic mass is 16.2. The fraction of sp³-hybridized carbons (Fsp3) is 0.917. The van der Waals surface area contributed by atoms with Gasteiger partial charge in [0.15, 0.2) is 0 Å². The predicted molar refractivity (Wildman–Crippen MR) is 66.4 cm³/mol. The largest absolute Gasteiger partial charge is 0.344 e. The summed E-state index contributed by atoms with van der Waals surface area (Å²) >= 11 is 0. The smallest absolute Gasteiger partial charge is 0.239 e. The summed E-state index contributed by atoms with van der Waals surface area (Å²) in [6.45, 7) is 4.94. The maximum atomic E-state index is 12.1. The van der Waals surface area contributed by atoms with E-state index in [1.807, 2.05) is 19.0 Å². The molecule has 1 amide bonds. The summed E-state index contributed by atoms with van der Waals surface area (Å²) in [6.07, 6.45) is 3.36. The van der Waals surface area contributed by atoms with Crippen molar-refractivity contribution in [2.24, 2.45) is 5.92 Å². The number of likely N-dealkylation sites (N-methyl/N-ethyl adjacent to an activating group) is 1. The molecular weight excluding hydrogens is 202 g/mol. The first-order chi connectivity index (χ1) is 7.66. The summed E-state index contributed by atoms with van der Waals surface area (Å²) in [6, 6.07) is 0.0355. The van der Waals surface area contributed by atoms with E-state index in [2.05, 4.69) is 17.6 Å². The summed E-state index contributed by atoms with van der Waals surface area (Å²) in [7, 11) is 3.84. The maximum absolute atomic E-state index is 12.1. The highest BCUT2D eigenvalue weighted by Gasteiger charge is 2.29. The van der Waals surface area contributed by atoms with Crippen molar-refractivity contribution in [1.29, 1.82) is 0 Å². The second kappa shape index (κ2) is 6.86. The van der Waals surface area contributed by atoms with Gasteiger partial charge in [-0.25, -0.2) is 0 Å². The minimum absolute atomic E-state index is 0.0355. The number of nitrogens with one attached hydrogen (secondary N) is 2. The Morgan fingerprint density at radius 3 is 2.94 bits per heavy atom. The fourth-order valence-corrected chi connectivity index (χ4v) is 2.22. The van der Waals surface area contributed by atoms with Gasteiger partial charge in [-0.3, -0.25) is 4.79 Å². The molecule has 94 valence electrons. The number of nitrogens with zero attached hydrogens (tertiary/aromatic N) is 1. The lowest BCUT2D eigenvalue weighted by Gasteiger charge is -2.32. The van der Waals surface area contributed by atoms with E-state index in [1.165, 1.54) is 6.42 Å². The van der Waals surface area contributed by atoms with Gasteiger partial charge in [-0.1, -0.05) is 6.92 Å². The van der Waals surface area contributed by atoms with Gasteiger partial charge in [0.2, 0.25) is 5.91 Å². The fourth-order valence-electron chi connectivity index (χ4n) is 2.22. The number of carbonyl (C=O) groups is 1. The van der Waals surface area contributed by atoms with Crippen LogP contribution in [0.25, 0.3) is 0 Å². The van der Waals surface area contributed by atoms with Gasteiger partial charge in [-0.2, -0.15) is 0 Å². The Morgan fingerprint density at radius 2 is 2.31 bits per heavy atom. The van der Waals surface area contributed by atoms with E-state index in [4.69, 9.17) is 0 Å². The molecule has 0 aliphatic carbocycles. The van der Waals surface area contributed by atoms with Crippen LogP contribution in [0.5, 0.6) is 0 Å². The molecule has 0 aromatic carbocycles. The molecule has 1 rings (SSSR count). The third kappa shape index (κ3) is 3.76. The standard InChI is InChI=1S/C12H25N3O/c1-10-6-4-8-14-11(10)12(16)15(3)9-5-7-13-2/h10-11,13-14H,4-9H2,1-3H3. The zero-order valence-electron chi connectivity index (χ0n) is 10.8.